The molecule has 0 saturated carbocycles. The van der Waals surface area contributed by atoms with Crippen LogP contribution in [0.5, 0.6) is 0 Å². The van der Waals surface area contributed by atoms with Gasteiger partial charge in [0.1, 0.15) is 11.4 Å². The lowest BCUT2D eigenvalue weighted by atomic mass is 9.82. The Bertz CT molecular complexity index is 479. The molecule has 0 radical (unpaired) electrons. The van der Waals surface area contributed by atoms with Gasteiger partial charge < -0.3 is 10.0 Å². The van der Waals surface area contributed by atoms with Gasteiger partial charge in [-0.2, -0.15) is 0 Å². The Labute approximate surface area is 106 Å². The third-order valence-electron chi connectivity index (χ3n) is 3.71. The molecule has 18 heavy (non-hydrogen) atoms. The third kappa shape index (κ3) is 2.01. The molecule has 4 heteroatoms. The van der Waals surface area contributed by atoms with Gasteiger partial charge in [0.2, 0.25) is 0 Å². The molecule has 98 valence electrons. The zero-order chi connectivity index (χ0) is 13.5. The fourth-order valence-corrected chi connectivity index (χ4v) is 2.11. The van der Waals surface area contributed by atoms with Gasteiger partial charge >= 0.3 is 0 Å². The molecule has 0 bridgehead atoms. The predicted octanol–water partition coefficient (Wildman–Crippen LogP) is 1.98. The van der Waals surface area contributed by atoms with Gasteiger partial charge in [0.05, 0.1) is 18.7 Å². The highest BCUT2D eigenvalue weighted by Gasteiger charge is 2.46. The van der Waals surface area contributed by atoms with E-state index in [9.17, 15) is 14.3 Å². The molecule has 1 aromatic carbocycles. The summed E-state index contributed by atoms with van der Waals surface area (Å²) in [4.78, 5) is 13.6. The van der Waals surface area contributed by atoms with Gasteiger partial charge in [-0.3, -0.25) is 4.79 Å². The molecule has 1 N–H and O–H groups in total. The summed E-state index contributed by atoms with van der Waals surface area (Å²) in [5, 5.41) is 10.1. The first-order valence-corrected chi connectivity index (χ1v) is 6.12. The topological polar surface area (TPSA) is 40.5 Å². The number of hydrogen-bond donors (Lipinski definition) is 1. The zero-order valence-electron chi connectivity index (χ0n) is 10.9. The van der Waals surface area contributed by atoms with Crippen molar-refractivity contribution in [3.05, 3.63) is 35.1 Å². The van der Waals surface area contributed by atoms with Gasteiger partial charge in [-0.1, -0.05) is 26.0 Å². The molecular weight excluding hydrogens is 233 g/mol. The number of carbonyl (C=O) groups is 1. The number of β-amino-alcohol motifs (C(OH)–C–C–N with tert-alkyl or cyclic N) is 1. The van der Waals surface area contributed by atoms with Crippen molar-refractivity contribution < 1.29 is 14.3 Å². The molecule has 0 aliphatic carbocycles. The highest BCUT2D eigenvalue weighted by molar-refractivity contribution is 5.95. The smallest absolute Gasteiger partial charge is 0.257 e. The van der Waals surface area contributed by atoms with Crippen molar-refractivity contribution in [3.8, 4) is 0 Å². The van der Waals surface area contributed by atoms with Crippen LogP contribution in [-0.2, 0) is 0 Å². The number of carbonyl (C=O) groups excluding carboxylic acids is 1. The van der Waals surface area contributed by atoms with Crippen LogP contribution in [0.3, 0.4) is 0 Å². The van der Waals surface area contributed by atoms with E-state index >= 15 is 0 Å². The summed E-state index contributed by atoms with van der Waals surface area (Å²) in [6.45, 7) is 6.00. The minimum Gasteiger partial charge on any atom is -0.386 e. The Morgan fingerprint density at radius 2 is 2.06 bits per heavy atom. The summed E-state index contributed by atoms with van der Waals surface area (Å²) in [5.41, 5.74) is -0.281. The lowest BCUT2D eigenvalue weighted by molar-refractivity contribution is -0.111. The van der Waals surface area contributed by atoms with E-state index in [0.29, 0.717) is 5.56 Å². The van der Waals surface area contributed by atoms with E-state index in [4.69, 9.17) is 0 Å². The Hall–Kier alpha value is -1.42. The first-order chi connectivity index (χ1) is 8.35. The molecular formula is C14H18FNO2. The number of aliphatic hydroxyl groups is 1. The molecule has 1 aliphatic heterocycles. The van der Waals surface area contributed by atoms with Gasteiger partial charge in [0, 0.05) is 0 Å². The van der Waals surface area contributed by atoms with Crippen molar-refractivity contribution in [2.24, 2.45) is 5.92 Å². The second kappa shape index (κ2) is 4.35. The SMILES string of the molecule is Cc1cccc(C(=O)N2CC(O)(C(C)C)C2)c1F. The minimum absolute atomic E-state index is 0.0841. The van der Waals surface area contributed by atoms with Crippen LogP contribution in [0.1, 0.15) is 29.8 Å². The molecule has 2 rings (SSSR count). The molecule has 0 atom stereocenters. The third-order valence-corrected chi connectivity index (χ3v) is 3.71. The van der Waals surface area contributed by atoms with Crippen molar-refractivity contribution in [1.82, 2.24) is 4.90 Å². The molecule has 0 spiro atoms. The van der Waals surface area contributed by atoms with Gasteiger partial charge in [-0.15, -0.1) is 0 Å². The number of rotatable bonds is 2. The lowest BCUT2D eigenvalue weighted by Crippen LogP contribution is -2.66. The fourth-order valence-electron chi connectivity index (χ4n) is 2.11. The number of hydrogen-bond acceptors (Lipinski definition) is 2. The molecule has 3 nitrogen and oxygen atoms in total. The van der Waals surface area contributed by atoms with Crippen molar-refractivity contribution in [2.75, 3.05) is 13.1 Å². The summed E-state index contributed by atoms with van der Waals surface area (Å²) < 4.78 is 13.8. The van der Waals surface area contributed by atoms with Gasteiger partial charge in [0.25, 0.3) is 5.91 Å². The number of benzene rings is 1. The first-order valence-electron chi connectivity index (χ1n) is 6.12. The van der Waals surface area contributed by atoms with Crippen molar-refractivity contribution >= 4 is 5.91 Å². The Balaban J connectivity index is 2.13. The number of halogens is 1. The number of amides is 1. The number of aryl methyl sites for hydroxylation is 1. The van der Waals surface area contributed by atoms with Gasteiger partial charge in [0.15, 0.2) is 0 Å². The standard InChI is InChI=1S/C14H18FNO2/c1-9(2)14(18)7-16(8-14)13(17)11-6-4-5-10(3)12(11)15/h4-6,9,18H,7-8H2,1-3H3. The molecule has 1 aromatic rings. The first kappa shape index (κ1) is 13.0. The minimum atomic E-state index is -0.823. The highest BCUT2D eigenvalue weighted by Crippen LogP contribution is 2.30. The molecule has 1 amide bonds. The zero-order valence-corrected chi connectivity index (χ0v) is 10.9. The summed E-state index contributed by atoms with van der Waals surface area (Å²) in [7, 11) is 0. The van der Waals surface area contributed by atoms with Crippen LogP contribution in [0.2, 0.25) is 0 Å². The van der Waals surface area contributed by atoms with E-state index in [0.717, 1.165) is 0 Å². The second-order valence-electron chi connectivity index (χ2n) is 5.36. The average molecular weight is 251 g/mol. The average Bonchev–Trinajstić information content (AvgIpc) is 2.27. The predicted molar refractivity (Wildman–Crippen MR) is 66.8 cm³/mol. The molecule has 1 heterocycles. The maximum atomic E-state index is 13.8. The normalized spacial score (nSPS) is 17.8. The summed E-state index contributed by atoms with van der Waals surface area (Å²) in [5.74, 6) is -0.729. The van der Waals surface area contributed by atoms with Crippen LogP contribution >= 0.6 is 0 Å². The van der Waals surface area contributed by atoms with E-state index < -0.39 is 11.4 Å². The van der Waals surface area contributed by atoms with E-state index in [2.05, 4.69) is 0 Å². The summed E-state index contributed by atoms with van der Waals surface area (Å²) in [6.07, 6.45) is 0. The maximum absolute atomic E-state index is 13.8. The summed E-state index contributed by atoms with van der Waals surface area (Å²) in [6, 6.07) is 4.78. The van der Waals surface area contributed by atoms with Crippen molar-refractivity contribution in [3.63, 3.8) is 0 Å². The molecule has 1 saturated heterocycles. The number of likely N-dealkylation sites (tertiary alicyclic amines) is 1. The van der Waals surface area contributed by atoms with Gasteiger partial charge in [-0.05, 0) is 24.5 Å². The molecule has 0 unspecified atom stereocenters. The van der Waals surface area contributed by atoms with Gasteiger partial charge in [-0.25, -0.2) is 4.39 Å². The van der Waals surface area contributed by atoms with Crippen LogP contribution in [0, 0.1) is 18.7 Å². The van der Waals surface area contributed by atoms with Crippen molar-refractivity contribution in [2.45, 2.75) is 26.4 Å². The van der Waals surface area contributed by atoms with Crippen molar-refractivity contribution in [1.29, 1.82) is 0 Å². The maximum Gasteiger partial charge on any atom is 0.257 e. The largest absolute Gasteiger partial charge is 0.386 e. The monoisotopic (exact) mass is 251 g/mol. The van der Waals surface area contributed by atoms with Crippen LogP contribution in [-0.4, -0.2) is 34.6 Å². The quantitative estimate of drug-likeness (QED) is 0.873. The Kier molecular flexibility index (Phi) is 3.15. The van der Waals surface area contributed by atoms with E-state index in [1.807, 2.05) is 13.8 Å². The highest BCUT2D eigenvalue weighted by atomic mass is 19.1. The van der Waals surface area contributed by atoms with Crippen LogP contribution < -0.4 is 0 Å². The Morgan fingerprint density at radius 1 is 1.44 bits per heavy atom. The Morgan fingerprint density at radius 3 is 2.61 bits per heavy atom. The van der Waals surface area contributed by atoms with E-state index in [1.165, 1.54) is 11.0 Å². The fraction of sp³-hybridized carbons (Fsp3) is 0.500. The van der Waals surface area contributed by atoms with Crippen LogP contribution in [0.4, 0.5) is 4.39 Å². The van der Waals surface area contributed by atoms with Crippen LogP contribution in [0.25, 0.3) is 0 Å². The second-order valence-corrected chi connectivity index (χ2v) is 5.36. The molecule has 1 aliphatic rings. The van der Waals surface area contributed by atoms with Crippen LogP contribution in [0.15, 0.2) is 18.2 Å². The summed E-state index contributed by atoms with van der Waals surface area (Å²) >= 11 is 0. The van der Waals surface area contributed by atoms with E-state index in [1.54, 1.807) is 19.1 Å². The number of nitrogens with zero attached hydrogens (tertiary/aromatic N) is 1. The molecule has 0 aromatic heterocycles. The molecule has 1 fully saturated rings. The van der Waals surface area contributed by atoms with E-state index in [-0.39, 0.29) is 30.5 Å². The lowest BCUT2D eigenvalue weighted by Gasteiger charge is -2.49.